The van der Waals surface area contributed by atoms with Gasteiger partial charge in [-0.3, -0.25) is 4.98 Å². The van der Waals surface area contributed by atoms with E-state index in [9.17, 15) is 0 Å². The van der Waals surface area contributed by atoms with Gasteiger partial charge in [-0.15, -0.1) is 0 Å². The molecular weight excluding hydrogens is 560 g/mol. The predicted molar refractivity (Wildman–Crippen MR) is 190 cm³/mol. The van der Waals surface area contributed by atoms with Crippen molar-refractivity contribution in [3.63, 3.8) is 0 Å². The van der Waals surface area contributed by atoms with Gasteiger partial charge >= 0.3 is 0 Å². The molecule has 3 aromatic heterocycles. The van der Waals surface area contributed by atoms with Crippen LogP contribution in [0.5, 0.6) is 0 Å². The van der Waals surface area contributed by atoms with Gasteiger partial charge in [0.1, 0.15) is 11.2 Å². The Bertz CT molecular complexity index is 2730. The lowest BCUT2D eigenvalue weighted by atomic mass is 9.81. The Kier molecular flexibility index (Phi) is 5.06. The fraction of sp³-hybridized carbons (Fsp3) is 0.0698. The molecule has 0 atom stereocenters. The zero-order valence-electron chi connectivity index (χ0n) is 25.5. The van der Waals surface area contributed by atoms with Crippen LogP contribution in [0.1, 0.15) is 25.0 Å². The van der Waals surface area contributed by atoms with Crippen LogP contribution in [0.2, 0.25) is 0 Å². The number of para-hydroxylation sites is 1. The van der Waals surface area contributed by atoms with Gasteiger partial charge in [-0.25, -0.2) is 4.98 Å². The second-order valence-corrected chi connectivity index (χ2v) is 13.0. The molecule has 3 nitrogen and oxygen atoms in total. The lowest BCUT2D eigenvalue weighted by Crippen LogP contribution is -2.15. The van der Waals surface area contributed by atoms with E-state index in [1.807, 2.05) is 18.3 Å². The highest BCUT2D eigenvalue weighted by molar-refractivity contribution is 6.09. The summed E-state index contributed by atoms with van der Waals surface area (Å²) in [4.78, 5) is 9.86. The number of nitrogens with zero attached hydrogens (tertiary/aromatic N) is 2. The van der Waals surface area contributed by atoms with Crippen LogP contribution >= 0.6 is 0 Å². The average molecular weight is 589 g/mol. The van der Waals surface area contributed by atoms with E-state index in [0.717, 1.165) is 44.2 Å². The van der Waals surface area contributed by atoms with Gasteiger partial charge in [-0.1, -0.05) is 105 Å². The SMILES string of the molecule is CC1(C)c2cc(-c3ccc(-c4ccc5ccc6cccnc6c5n4)c4ccccc34)ccc2-c2cc3oc4ccccc4c3cc21. The first-order chi connectivity index (χ1) is 22.5. The zero-order chi connectivity index (χ0) is 30.6. The van der Waals surface area contributed by atoms with Crippen LogP contribution in [-0.2, 0) is 5.41 Å². The van der Waals surface area contributed by atoms with Gasteiger partial charge in [0.2, 0.25) is 0 Å². The molecule has 0 spiro atoms. The van der Waals surface area contributed by atoms with E-state index >= 15 is 0 Å². The molecule has 0 radical (unpaired) electrons. The van der Waals surface area contributed by atoms with E-state index in [0.29, 0.717) is 0 Å². The quantitative estimate of drug-likeness (QED) is 0.189. The normalized spacial score (nSPS) is 13.6. The van der Waals surface area contributed by atoms with E-state index in [2.05, 4.69) is 134 Å². The molecule has 0 N–H and O–H groups in total. The first kappa shape index (κ1) is 25.5. The highest BCUT2D eigenvalue weighted by Gasteiger charge is 2.36. The Hall–Kier alpha value is -5.80. The first-order valence-corrected chi connectivity index (χ1v) is 15.8. The van der Waals surface area contributed by atoms with E-state index in [4.69, 9.17) is 9.40 Å². The fourth-order valence-electron chi connectivity index (χ4n) is 7.77. The Morgan fingerprint density at radius 1 is 0.500 bits per heavy atom. The maximum absolute atomic E-state index is 6.29. The molecule has 0 saturated heterocycles. The van der Waals surface area contributed by atoms with Gasteiger partial charge in [0, 0.05) is 38.7 Å². The van der Waals surface area contributed by atoms with Gasteiger partial charge in [0.05, 0.1) is 16.7 Å². The van der Waals surface area contributed by atoms with Crippen LogP contribution in [0.15, 0.2) is 138 Å². The van der Waals surface area contributed by atoms with Gasteiger partial charge in [-0.05, 0) is 80.6 Å². The predicted octanol–water partition coefficient (Wildman–Crippen LogP) is 11.5. The number of pyridine rings is 2. The van der Waals surface area contributed by atoms with Crippen molar-refractivity contribution in [1.29, 1.82) is 0 Å². The van der Waals surface area contributed by atoms with Gasteiger partial charge in [-0.2, -0.15) is 0 Å². The summed E-state index contributed by atoms with van der Waals surface area (Å²) >= 11 is 0. The van der Waals surface area contributed by atoms with E-state index in [1.54, 1.807) is 0 Å². The Labute approximate surface area is 265 Å². The molecule has 0 saturated carbocycles. The summed E-state index contributed by atoms with van der Waals surface area (Å²) < 4.78 is 6.29. The Balaban J connectivity index is 1.12. The molecule has 10 rings (SSSR count). The number of fused-ring (bicyclic) bond motifs is 10. The molecule has 1 aliphatic rings. The monoisotopic (exact) mass is 588 g/mol. The summed E-state index contributed by atoms with van der Waals surface area (Å²) in [6.07, 6.45) is 1.84. The van der Waals surface area contributed by atoms with Crippen LogP contribution in [-0.4, -0.2) is 9.97 Å². The molecule has 9 aromatic rings. The van der Waals surface area contributed by atoms with Crippen LogP contribution in [0.3, 0.4) is 0 Å². The lowest BCUT2D eigenvalue weighted by Gasteiger charge is -2.22. The molecule has 0 aliphatic heterocycles. The fourth-order valence-corrected chi connectivity index (χ4v) is 7.77. The van der Waals surface area contributed by atoms with E-state index < -0.39 is 0 Å². The standard InChI is InChI=1S/C43H28N2O/c1-43(2)36-22-27(15-17-31(36)34-24-40-35(23-37(34)43)33-11-5-6-12-39(33)46-40)28-18-19-32(30-10-4-3-9-29(28)30)38-20-16-26-14-13-25-8-7-21-44-41(25)42(26)45-38/h3-24H,1-2H3. The van der Waals surface area contributed by atoms with Gasteiger partial charge in [0.25, 0.3) is 0 Å². The first-order valence-electron chi connectivity index (χ1n) is 15.8. The Morgan fingerprint density at radius 3 is 2.07 bits per heavy atom. The summed E-state index contributed by atoms with van der Waals surface area (Å²) in [5.41, 5.74) is 13.4. The largest absolute Gasteiger partial charge is 0.456 e. The van der Waals surface area contributed by atoms with Crippen molar-refractivity contribution < 1.29 is 4.42 Å². The van der Waals surface area contributed by atoms with Crippen LogP contribution in [0.25, 0.3) is 88.0 Å². The average Bonchev–Trinajstić information content (AvgIpc) is 3.57. The maximum atomic E-state index is 6.29. The van der Waals surface area contributed by atoms with Crippen molar-refractivity contribution in [3.05, 3.63) is 145 Å². The molecule has 0 fully saturated rings. The minimum absolute atomic E-state index is 0.144. The van der Waals surface area contributed by atoms with E-state index in [1.165, 1.54) is 54.9 Å². The number of hydrogen-bond acceptors (Lipinski definition) is 3. The summed E-state index contributed by atoms with van der Waals surface area (Å²) in [6.45, 7) is 4.70. The molecule has 46 heavy (non-hydrogen) atoms. The van der Waals surface area contributed by atoms with Crippen molar-refractivity contribution in [2.75, 3.05) is 0 Å². The molecule has 0 bridgehead atoms. The van der Waals surface area contributed by atoms with Crippen LogP contribution < -0.4 is 0 Å². The highest BCUT2D eigenvalue weighted by Crippen LogP contribution is 2.52. The number of rotatable bonds is 2. The second-order valence-electron chi connectivity index (χ2n) is 13.0. The van der Waals surface area contributed by atoms with Gasteiger partial charge in [0.15, 0.2) is 0 Å². The smallest absolute Gasteiger partial charge is 0.136 e. The van der Waals surface area contributed by atoms with Gasteiger partial charge < -0.3 is 4.42 Å². The zero-order valence-corrected chi connectivity index (χ0v) is 25.5. The molecule has 0 amide bonds. The third-order valence-corrected chi connectivity index (χ3v) is 10.1. The van der Waals surface area contributed by atoms with Crippen LogP contribution in [0.4, 0.5) is 0 Å². The van der Waals surface area contributed by atoms with E-state index in [-0.39, 0.29) is 5.41 Å². The van der Waals surface area contributed by atoms with Crippen molar-refractivity contribution in [1.82, 2.24) is 9.97 Å². The summed E-state index contributed by atoms with van der Waals surface area (Å²) in [7, 11) is 0. The number of hydrogen-bond donors (Lipinski definition) is 0. The third-order valence-electron chi connectivity index (χ3n) is 10.1. The lowest BCUT2D eigenvalue weighted by molar-refractivity contribution is 0.658. The molecule has 3 heterocycles. The topological polar surface area (TPSA) is 38.9 Å². The molecule has 0 unspecified atom stereocenters. The Morgan fingerprint density at radius 2 is 1.20 bits per heavy atom. The minimum atomic E-state index is -0.144. The van der Waals surface area contributed by atoms with Crippen molar-refractivity contribution in [3.8, 4) is 33.5 Å². The maximum Gasteiger partial charge on any atom is 0.136 e. The summed E-state index contributed by atoms with van der Waals surface area (Å²) in [6, 6.07) is 45.7. The third kappa shape index (κ3) is 3.48. The molecule has 216 valence electrons. The molecule has 6 aromatic carbocycles. The van der Waals surface area contributed by atoms with Crippen LogP contribution in [0, 0.1) is 0 Å². The molecule has 3 heteroatoms. The summed E-state index contributed by atoms with van der Waals surface area (Å²) in [5.74, 6) is 0. The van der Waals surface area contributed by atoms with Crippen molar-refractivity contribution in [2.45, 2.75) is 19.3 Å². The number of furan rings is 1. The van der Waals surface area contributed by atoms with Crippen molar-refractivity contribution >= 4 is 54.5 Å². The molecule has 1 aliphatic carbocycles. The molecular formula is C43H28N2O. The second kappa shape index (κ2) is 9.12. The van der Waals surface area contributed by atoms with Crippen molar-refractivity contribution in [2.24, 2.45) is 0 Å². The number of benzene rings is 6. The minimum Gasteiger partial charge on any atom is -0.456 e. The highest BCUT2D eigenvalue weighted by atomic mass is 16.3. The summed E-state index contributed by atoms with van der Waals surface area (Å²) in [5, 5.41) is 6.96. The number of aromatic nitrogens is 2.